The molecule has 66 valence electrons. The minimum Gasteiger partial charge on any atom is -0.477 e. The fourth-order valence-electron chi connectivity index (χ4n) is 1.33. The molecule has 6 heteroatoms. The maximum atomic E-state index is 10.5. The lowest BCUT2D eigenvalue weighted by Gasteiger charge is -2.20. The third kappa shape index (κ3) is 2.11. The average molecular weight is 171 g/mol. The summed E-state index contributed by atoms with van der Waals surface area (Å²) in [5, 5.41) is 13.9. The molecular formula is C6H11N4O2+. The van der Waals surface area contributed by atoms with Gasteiger partial charge in [-0.15, -0.1) is 0 Å². The first-order chi connectivity index (χ1) is 5.74. The van der Waals surface area contributed by atoms with Gasteiger partial charge in [-0.3, -0.25) is 0 Å². The Morgan fingerprint density at radius 2 is 2.42 bits per heavy atom. The first kappa shape index (κ1) is 8.83. The van der Waals surface area contributed by atoms with E-state index in [4.69, 9.17) is 10.6 Å². The molecule has 0 bridgehead atoms. The maximum Gasteiger partial charge on any atom is 0.362 e. The number of quaternary nitrogens is 1. The second kappa shape index (κ2) is 3.94. The Bertz CT molecular complexity index is 206. The highest BCUT2D eigenvalue weighted by atomic mass is 16.4. The highest BCUT2D eigenvalue weighted by Crippen LogP contribution is 2.06. The monoisotopic (exact) mass is 171 g/mol. The first-order valence-electron chi connectivity index (χ1n) is 3.84. The zero-order valence-corrected chi connectivity index (χ0v) is 6.55. The molecule has 0 aromatic rings. The van der Waals surface area contributed by atoms with Gasteiger partial charge < -0.3 is 10.4 Å². The van der Waals surface area contributed by atoms with Crippen molar-refractivity contribution < 1.29 is 15.2 Å². The number of hydrogen-bond donors (Lipinski definition) is 2. The van der Waals surface area contributed by atoms with E-state index in [-0.39, 0.29) is 12.1 Å². The highest BCUT2D eigenvalue weighted by molar-refractivity contribution is 5.71. The zero-order valence-electron chi connectivity index (χ0n) is 6.55. The Kier molecular flexibility index (Phi) is 2.90. The second-order valence-electron chi connectivity index (χ2n) is 2.85. The van der Waals surface area contributed by atoms with E-state index in [1.807, 2.05) is 0 Å². The summed E-state index contributed by atoms with van der Waals surface area (Å²) in [7, 11) is 0. The number of hydrogen-bond acceptors (Lipinski definition) is 2. The predicted molar refractivity (Wildman–Crippen MR) is 40.4 cm³/mol. The molecule has 2 atom stereocenters. The Balaban J connectivity index is 2.39. The van der Waals surface area contributed by atoms with Crippen LogP contribution in [-0.2, 0) is 4.79 Å². The summed E-state index contributed by atoms with van der Waals surface area (Å²) in [5.41, 5.74) is 8.12. The molecule has 0 aromatic heterocycles. The summed E-state index contributed by atoms with van der Waals surface area (Å²) in [6, 6.07) is -0.388. The average Bonchev–Trinajstić information content (AvgIpc) is 2.06. The SMILES string of the molecule is [N-]=[N+]=N[C@@H]1CC[C@@H](C(=O)O)[NH2+]C1. The molecule has 0 unspecified atom stereocenters. The number of carboxylic acids is 1. The highest BCUT2D eigenvalue weighted by Gasteiger charge is 2.28. The molecule has 0 amide bonds. The summed E-state index contributed by atoms with van der Waals surface area (Å²) in [4.78, 5) is 13.2. The van der Waals surface area contributed by atoms with Gasteiger partial charge in [-0.05, 0) is 12.0 Å². The molecule has 0 aliphatic carbocycles. The summed E-state index contributed by atoms with van der Waals surface area (Å²) in [6.07, 6.45) is 1.26. The van der Waals surface area contributed by atoms with Crippen LogP contribution in [0.4, 0.5) is 0 Å². The summed E-state index contributed by atoms with van der Waals surface area (Å²) in [6.45, 7) is 0.584. The van der Waals surface area contributed by atoms with Crippen molar-refractivity contribution in [3.05, 3.63) is 10.4 Å². The van der Waals surface area contributed by atoms with Gasteiger partial charge in [-0.25, -0.2) is 4.79 Å². The van der Waals surface area contributed by atoms with Gasteiger partial charge in [0.05, 0.1) is 12.6 Å². The molecule has 3 N–H and O–H groups in total. The normalized spacial score (nSPS) is 29.0. The van der Waals surface area contributed by atoms with Gasteiger partial charge in [0.2, 0.25) is 0 Å². The molecular weight excluding hydrogens is 160 g/mol. The Hall–Kier alpha value is -1.26. The lowest BCUT2D eigenvalue weighted by Crippen LogP contribution is -2.95. The van der Waals surface area contributed by atoms with Crippen LogP contribution in [0.5, 0.6) is 0 Å². The smallest absolute Gasteiger partial charge is 0.362 e. The molecule has 1 aliphatic heterocycles. The molecule has 1 rings (SSSR count). The summed E-state index contributed by atoms with van der Waals surface area (Å²) < 4.78 is 0. The van der Waals surface area contributed by atoms with Crippen LogP contribution < -0.4 is 5.32 Å². The summed E-state index contributed by atoms with van der Waals surface area (Å²) >= 11 is 0. The number of piperidine rings is 1. The lowest BCUT2D eigenvalue weighted by molar-refractivity contribution is -0.687. The van der Waals surface area contributed by atoms with Gasteiger partial charge in [-0.1, -0.05) is 5.11 Å². The van der Waals surface area contributed by atoms with E-state index in [0.717, 1.165) is 0 Å². The van der Waals surface area contributed by atoms with E-state index in [2.05, 4.69) is 10.0 Å². The van der Waals surface area contributed by atoms with Crippen molar-refractivity contribution in [1.82, 2.24) is 0 Å². The van der Waals surface area contributed by atoms with Crippen LogP contribution in [0.25, 0.3) is 10.4 Å². The van der Waals surface area contributed by atoms with Crippen molar-refractivity contribution in [3.63, 3.8) is 0 Å². The molecule has 0 radical (unpaired) electrons. The number of aliphatic carboxylic acids is 1. The standard InChI is InChI=1S/C6H10N4O2/c7-10-9-4-1-2-5(6(11)12)8-3-4/h4-5,8H,1-3H2,(H,11,12)/p+1/t4-,5+/m1/s1. The maximum absolute atomic E-state index is 10.5. The number of carbonyl (C=O) groups is 1. The molecule has 12 heavy (non-hydrogen) atoms. The van der Waals surface area contributed by atoms with Crippen molar-refractivity contribution in [2.45, 2.75) is 24.9 Å². The quantitative estimate of drug-likeness (QED) is 0.331. The van der Waals surface area contributed by atoms with Crippen molar-refractivity contribution in [3.8, 4) is 0 Å². The van der Waals surface area contributed by atoms with E-state index >= 15 is 0 Å². The van der Waals surface area contributed by atoms with Gasteiger partial charge >= 0.3 is 5.97 Å². The number of nitrogens with two attached hydrogens (primary N) is 1. The second-order valence-corrected chi connectivity index (χ2v) is 2.85. The number of nitrogens with zero attached hydrogens (tertiary/aromatic N) is 3. The van der Waals surface area contributed by atoms with Crippen LogP contribution in [0.3, 0.4) is 0 Å². The predicted octanol–water partition coefficient (Wildman–Crippen LogP) is -0.524. The Morgan fingerprint density at radius 1 is 1.67 bits per heavy atom. The van der Waals surface area contributed by atoms with E-state index < -0.39 is 5.97 Å². The molecule has 1 fully saturated rings. The zero-order chi connectivity index (χ0) is 8.97. The minimum absolute atomic E-state index is 0.0365. The minimum atomic E-state index is -0.783. The van der Waals surface area contributed by atoms with Crippen LogP contribution in [0, 0.1) is 0 Å². The van der Waals surface area contributed by atoms with Crippen molar-refractivity contribution in [1.29, 1.82) is 0 Å². The van der Waals surface area contributed by atoms with E-state index in [1.165, 1.54) is 0 Å². The number of rotatable bonds is 2. The van der Waals surface area contributed by atoms with Gasteiger partial charge in [0, 0.05) is 11.3 Å². The molecule has 0 saturated carbocycles. The first-order valence-corrected chi connectivity index (χ1v) is 3.84. The van der Waals surface area contributed by atoms with Gasteiger partial charge in [0.25, 0.3) is 0 Å². The summed E-state index contributed by atoms with van der Waals surface area (Å²) in [5.74, 6) is -0.783. The van der Waals surface area contributed by atoms with Crippen LogP contribution in [0.2, 0.25) is 0 Å². The van der Waals surface area contributed by atoms with Crippen molar-refractivity contribution >= 4 is 5.97 Å². The number of carboxylic acid groups (broad SMARTS) is 1. The van der Waals surface area contributed by atoms with Gasteiger partial charge in [-0.2, -0.15) is 0 Å². The molecule has 0 spiro atoms. The van der Waals surface area contributed by atoms with E-state index in [0.29, 0.717) is 19.4 Å². The van der Waals surface area contributed by atoms with Gasteiger partial charge in [0.1, 0.15) is 0 Å². The molecule has 1 heterocycles. The van der Waals surface area contributed by atoms with Crippen LogP contribution in [0.15, 0.2) is 5.11 Å². The van der Waals surface area contributed by atoms with Gasteiger partial charge in [0.15, 0.2) is 6.04 Å². The third-order valence-corrected chi connectivity index (χ3v) is 2.04. The largest absolute Gasteiger partial charge is 0.477 e. The van der Waals surface area contributed by atoms with E-state index in [1.54, 1.807) is 5.32 Å². The fourth-order valence-corrected chi connectivity index (χ4v) is 1.33. The Labute approximate surface area is 69.2 Å². The fraction of sp³-hybridized carbons (Fsp3) is 0.833. The third-order valence-electron chi connectivity index (χ3n) is 2.04. The number of azide groups is 1. The lowest BCUT2D eigenvalue weighted by atomic mass is 10.0. The Morgan fingerprint density at radius 3 is 2.83 bits per heavy atom. The topological polar surface area (TPSA) is 103 Å². The molecule has 6 nitrogen and oxygen atoms in total. The van der Waals surface area contributed by atoms with Crippen molar-refractivity contribution in [2.75, 3.05) is 6.54 Å². The molecule has 1 saturated heterocycles. The van der Waals surface area contributed by atoms with Crippen LogP contribution >= 0.6 is 0 Å². The van der Waals surface area contributed by atoms with E-state index in [9.17, 15) is 4.79 Å². The molecule has 1 aliphatic rings. The molecule has 0 aromatic carbocycles. The van der Waals surface area contributed by atoms with Crippen molar-refractivity contribution in [2.24, 2.45) is 5.11 Å². The van der Waals surface area contributed by atoms with Crippen LogP contribution in [-0.4, -0.2) is 29.7 Å². The van der Waals surface area contributed by atoms with Crippen LogP contribution in [0.1, 0.15) is 12.8 Å².